The minimum absolute atomic E-state index is 0.360. The molecule has 1 N–H and O–H groups in total. The normalized spacial score (nSPS) is 32.6. The van der Waals surface area contributed by atoms with Gasteiger partial charge in [0.05, 0.1) is 0 Å². The summed E-state index contributed by atoms with van der Waals surface area (Å²) >= 11 is 0. The summed E-state index contributed by atoms with van der Waals surface area (Å²) < 4.78 is 0. The second-order valence-corrected chi connectivity index (χ2v) is 5.99. The van der Waals surface area contributed by atoms with Gasteiger partial charge in [0.1, 0.15) is 0 Å². The molecule has 1 unspecified atom stereocenters. The van der Waals surface area contributed by atoms with Crippen LogP contribution in [0.3, 0.4) is 0 Å². The van der Waals surface area contributed by atoms with Crippen molar-refractivity contribution < 1.29 is 5.11 Å². The molecule has 1 aliphatic heterocycles. The van der Waals surface area contributed by atoms with Gasteiger partial charge in [-0.3, -0.25) is 4.90 Å². The average Bonchev–Trinajstić information content (AvgIpc) is 2.73. The van der Waals surface area contributed by atoms with Crippen LogP contribution >= 0.6 is 0 Å². The first-order valence-corrected chi connectivity index (χ1v) is 6.51. The lowest BCUT2D eigenvalue weighted by atomic mass is 9.94. The number of rotatable bonds is 3. The first-order chi connectivity index (χ1) is 7.13. The van der Waals surface area contributed by atoms with Gasteiger partial charge >= 0.3 is 0 Å². The van der Waals surface area contributed by atoms with Gasteiger partial charge in [-0.25, -0.2) is 0 Å². The molecule has 88 valence electrons. The molecular formula is C13H25NO. The Labute approximate surface area is 93.7 Å². The van der Waals surface area contributed by atoms with Crippen LogP contribution in [0.1, 0.15) is 52.4 Å². The van der Waals surface area contributed by atoms with Crippen molar-refractivity contribution in [1.82, 2.24) is 4.90 Å². The van der Waals surface area contributed by atoms with Crippen LogP contribution in [0.5, 0.6) is 0 Å². The van der Waals surface area contributed by atoms with E-state index >= 15 is 0 Å². The number of hydrogen-bond donors (Lipinski definition) is 1. The van der Waals surface area contributed by atoms with Gasteiger partial charge in [-0.05, 0) is 45.4 Å². The predicted molar refractivity (Wildman–Crippen MR) is 62.9 cm³/mol. The molecule has 2 fully saturated rings. The largest absolute Gasteiger partial charge is 0.396 e. The summed E-state index contributed by atoms with van der Waals surface area (Å²) in [5.41, 5.74) is 0.370. The monoisotopic (exact) mass is 211 g/mol. The first kappa shape index (κ1) is 11.4. The van der Waals surface area contributed by atoms with Crippen molar-refractivity contribution in [1.29, 1.82) is 0 Å². The standard InChI is InChI=1S/C13H25NO/c1-13(2)9-11(7-8-15)10-14(13)12-5-3-4-6-12/h11-12,15H,3-10H2,1-2H3. The predicted octanol–water partition coefficient (Wildman–Crippen LogP) is 2.41. The van der Waals surface area contributed by atoms with E-state index in [1.165, 1.54) is 38.6 Å². The summed E-state index contributed by atoms with van der Waals surface area (Å²) in [6.45, 7) is 6.34. The van der Waals surface area contributed by atoms with Crippen LogP contribution in [0.15, 0.2) is 0 Å². The fraction of sp³-hybridized carbons (Fsp3) is 1.00. The van der Waals surface area contributed by atoms with Gasteiger partial charge in [-0.1, -0.05) is 12.8 Å². The maximum absolute atomic E-state index is 9.03. The molecule has 0 amide bonds. The summed E-state index contributed by atoms with van der Waals surface area (Å²) in [4.78, 5) is 2.72. The Hall–Kier alpha value is -0.0800. The highest BCUT2D eigenvalue weighted by atomic mass is 16.3. The van der Waals surface area contributed by atoms with Crippen molar-refractivity contribution in [3.63, 3.8) is 0 Å². The molecule has 0 aromatic carbocycles. The lowest BCUT2D eigenvalue weighted by Gasteiger charge is -2.36. The van der Waals surface area contributed by atoms with Crippen LogP contribution in [0.2, 0.25) is 0 Å². The Morgan fingerprint density at radius 1 is 1.27 bits per heavy atom. The Bertz CT molecular complexity index is 209. The molecule has 2 nitrogen and oxygen atoms in total. The third-order valence-corrected chi connectivity index (χ3v) is 4.32. The van der Waals surface area contributed by atoms with Gasteiger partial charge in [-0.15, -0.1) is 0 Å². The Kier molecular flexibility index (Phi) is 3.36. The van der Waals surface area contributed by atoms with E-state index in [2.05, 4.69) is 18.7 Å². The van der Waals surface area contributed by atoms with Crippen molar-refractivity contribution >= 4 is 0 Å². The lowest BCUT2D eigenvalue weighted by molar-refractivity contribution is 0.117. The van der Waals surface area contributed by atoms with Crippen molar-refractivity contribution in [2.75, 3.05) is 13.2 Å². The van der Waals surface area contributed by atoms with Gasteiger partial charge in [0, 0.05) is 24.7 Å². The molecule has 1 aliphatic carbocycles. The molecule has 0 spiro atoms. The average molecular weight is 211 g/mol. The minimum Gasteiger partial charge on any atom is -0.396 e. The smallest absolute Gasteiger partial charge is 0.0434 e. The van der Waals surface area contributed by atoms with Crippen LogP contribution in [0, 0.1) is 5.92 Å². The van der Waals surface area contributed by atoms with Gasteiger partial charge in [-0.2, -0.15) is 0 Å². The van der Waals surface area contributed by atoms with Crippen LogP contribution < -0.4 is 0 Å². The van der Waals surface area contributed by atoms with E-state index in [1.54, 1.807) is 0 Å². The van der Waals surface area contributed by atoms with E-state index in [1.807, 2.05) is 0 Å². The highest BCUT2D eigenvalue weighted by Gasteiger charge is 2.41. The zero-order valence-corrected chi connectivity index (χ0v) is 10.2. The second kappa shape index (κ2) is 4.42. The zero-order chi connectivity index (χ0) is 10.9. The molecule has 0 bridgehead atoms. The van der Waals surface area contributed by atoms with Crippen LogP contribution in [-0.2, 0) is 0 Å². The van der Waals surface area contributed by atoms with E-state index < -0.39 is 0 Å². The number of likely N-dealkylation sites (tertiary alicyclic amines) is 1. The molecule has 15 heavy (non-hydrogen) atoms. The van der Waals surface area contributed by atoms with E-state index in [-0.39, 0.29) is 0 Å². The Morgan fingerprint density at radius 2 is 1.93 bits per heavy atom. The highest BCUT2D eigenvalue weighted by molar-refractivity contribution is 4.97. The lowest BCUT2D eigenvalue weighted by Crippen LogP contribution is -2.44. The van der Waals surface area contributed by atoms with Crippen molar-refractivity contribution in [2.45, 2.75) is 64.0 Å². The molecule has 2 heteroatoms. The fourth-order valence-corrected chi connectivity index (χ4v) is 3.65. The topological polar surface area (TPSA) is 23.5 Å². The van der Waals surface area contributed by atoms with E-state index in [0.29, 0.717) is 12.1 Å². The quantitative estimate of drug-likeness (QED) is 0.775. The summed E-state index contributed by atoms with van der Waals surface area (Å²) in [6, 6.07) is 0.837. The van der Waals surface area contributed by atoms with Crippen LogP contribution in [0.4, 0.5) is 0 Å². The molecule has 1 atom stereocenters. The van der Waals surface area contributed by atoms with Gasteiger partial charge in [0.25, 0.3) is 0 Å². The van der Waals surface area contributed by atoms with Crippen molar-refractivity contribution in [3.8, 4) is 0 Å². The molecule has 1 saturated heterocycles. The molecule has 2 aliphatic rings. The number of aliphatic hydroxyl groups excluding tert-OH is 1. The second-order valence-electron chi connectivity index (χ2n) is 5.99. The van der Waals surface area contributed by atoms with E-state index in [4.69, 9.17) is 5.11 Å². The Morgan fingerprint density at radius 3 is 2.53 bits per heavy atom. The van der Waals surface area contributed by atoms with E-state index in [0.717, 1.165) is 18.4 Å². The number of nitrogens with zero attached hydrogens (tertiary/aromatic N) is 1. The molecule has 0 aromatic rings. The van der Waals surface area contributed by atoms with Crippen LogP contribution in [-0.4, -0.2) is 34.7 Å². The molecule has 0 radical (unpaired) electrons. The zero-order valence-electron chi connectivity index (χ0n) is 10.2. The van der Waals surface area contributed by atoms with Gasteiger partial charge < -0.3 is 5.11 Å². The Balaban J connectivity index is 1.98. The maximum Gasteiger partial charge on any atom is 0.0434 e. The first-order valence-electron chi connectivity index (χ1n) is 6.51. The third kappa shape index (κ3) is 2.36. The SMILES string of the molecule is CC1(C)CC(CCO)CN1C1CCCC1. The summed E-state index contributed by atoms with van der Waals surface area (Å²) in [6.07, 6.45) is 7.89. The summed E-state index contributed by atoms with van der Waals surface area (Å²) in [5, 5.41) is 9.03. The van der Waals surface area contributed by atoms with Crippen molar-refractivity contribution in [2.24, 2.45) is 5.92 Å². The maximum atomic E-state index is 9.03. The van der Waals surface area contributed by atoms with Gasteiger partial charge in [0.15, 0.2) is 0 Å². The summed E-state index contributed by atoms with van der Waals surface area (Å²) in [5.74, 6) is 0.727. The van der Waals surface area contributed by atoms with Crippen molar-refractivity contribution in [3.05, 3.63) is 0 Å². The van der Waals surface area contributed by atoms with Crippen LogP contribution in [0.25, 0.3) is 0 Å². The molecule has 1 heterocycles. The molecular weight excluding hydrogens is 186 g/mol. The summed E-state index contributed by atoms with van der Waals surface area (Å²) in [7, 11) is 0. The highest BCUT2D eigenvalue weighted by Crippen LogP contribution is 2.39. The molecule has 2 rings (SSSR count). The minimum atomic E-state index is 0.360. The third-order valence-electron chi connectivity index (χ3n) is 4.32. The van der Waals surface area contributed by atoms with Gasteiger partial charge in [0.2, 0.25) is 0 Å². The molecule has 0 aromatic heterocycles. The molecule has 1 saturated carbocycles. The number of aliphatic hydroxyl groups is 1. The number of hydrogen-bond acceptors (Lipinski definition) is 2. The van der Waals surface area contributed by atoms with E-state index in [9.17, 15) is 0 Å². The fourth-order valence-electron chi connectivity index (χ4n) is 3.65.